The van der Waals surface area contributed by atoms with E-state index in [1.165, 1.54) is 19.2 Å². The molecule has 0 radical (unpaired) electrons. The molecule has 2 aromatic heterocycles. The van der Waals surface area contributed by atoms with Crippen LogP contribution in [0.15, 0.2) is 6.33 Å². The SMILES string of the molecule is Cc1c(Cl)nc2ncnn2c1N(CCC(C)C)C1CC1. The average Bonchev–Trinajstić information content (AvgIpc) is 3.13. The largest absolute Gasteiger partial charge is 0.353 e. The molecule has 2 aromatic rings. The lowest BCUT2D eigenvalue weighted by Crippen LogP contribution is -2.31. The highest BCUT2D eigenvalue weighted by atomic mass is 35.5. The number of rotatable bonds is 5. The second-order valence-electron chi connectivity index (χ2n) is 5.93. The molecule has 0 N–H and O–H groups in total. The van der Waals surface area contributed by atoms with Gasteiger partial charge in [-0.05, 0) is 32.1 Å². The van der Waals surface area contributed by atoms with E-state index in [9.17, 15) is 0 Å². The summed E-state index contributed by atoms with van der Waals surface area (Å²) in [7, 11) is 0. The summed E-state index contributed by atoms with van der Waals surface area (Å²) < 4.78 is 1.82. The van der Waals surface area contributed by atoms with Gasteiger partial charge in [0.15, 0.2) is 0 Å². The second kappa shape index (κ2) is 5.20. The van der Waals surface area contributed by atoms with E-state index in [0.717, 1.165) is 24.3 Å². The van der Waals surface area contributed by atoms with Crippen molar-refractivity contribution in [1.29, 1.82) is 0 Å². The van der Waals surface area contributed by atoms with Gasteiger partial charge in [0, 0.05) is 18.2 Å². The van der Waals surface area contributed by atoms with Crippen molar-refractivity contribution in [2.75, 3.05) is 11.4 Å². The van der Waals surface area contributed by atoms with E-state index in [4.69, 9.17) is 11.6 Å². The van der Waals surface area contributed by atoms with Crippen LogP contribution in [0.25, 0.3) is 5.78 Å². The Bertz CT molecular complexity index is 617. The Morgan fingerprint density at radius 3 is 2.85 bits per heavy atom. The van der Waals surface area contributed by atoms with Gasteiger partial charge in [0.1, 0.15) is 17.3 Å². The van der Waals surface area contributed by atoms with Crippen molar-refractivity contribution in [3.8, 4) is 0 Å². The molecule has 0 spiro atoms. The Morgan fingerprint density at radius 1 is 1.45 bits per heavy atom. The Morgan fingerprint density at radius 2 is 2.20 bits per heavy atom. The fourth-order valence-electron chi connectivity index (χ4n) is 2.47. The molecule has 0 unspecified atom stereocenters. The third-order valence-corrected chi connectivity index (χ3v) is 4.15. The van der Waals surface area contributed by atoms with Crippen LogP contribution < -0.4 is 4.90 Å². The molecule has 0 amide bonds. The molecule has 5 nitrogen and oxygen atoms in total. The first-order valence-electron chi connectivity index (χ1n) is 7.20. The van der Waals surface area contributed by atoms with Gasteiger partial charge in [0.05, 0.1) is 0 Å². The molecular formula is C14H20ClN5. The molecule has 2 heterocycles. The molecule has 1 fully saturated rings. The number of halogens is 1. The highest BCUT2D eigenvalue weighted by Crippen LogP contribution is 2.35. The summed E-state index contributed by atoms with van der Waals surface area (Å²) in [5, 5.41) is 4.85. The molecule has 0 atom stereocenters. The van der Waals surface area contributed by atoms with E-state index in [0.29, 0.717) is 22.9 Å². The van der Waals surface area contributed by atoms with E-state index >= 15 is 0 Å². The summed E-state index contributed by atoms with van der Waals surface area (Å²) in [6.45, 7) is 7.54. The number of hydrogen-bond donors (Lipinski definition) is 0. The Hall–Kier alpha value is -1.36. The number of nitrogens with zero attached hydrogens (tertiary/aromatic N) is 5. The molecule has 1 aliphatic carbocycles. The highest BCUT2D eigenvalue weighted by Gasteiger charge is 2.32. The van der Waals surface area contributed by atoms with Crippen LogP contribution in [0.3, 0.4) is 0 Å². The molecular weight excluding hydrogens is 274 g/mol. The molecule has 0 aromatic carbocycles. The normalized spacial score (nSPS) is 15.2. The lowest BCUT2D eigenvalue weighted by Gasteiger charge is -2.27. The van der Waals surface area contributed by atoms with Crippen molar-refractivity contribution in [2.24, 2.45) is 5.92 Å². The van der Waals surface area contributed by atoms with Gasteiger partial charge in [0.2, 0.25) is 0 Å². The summed E-state index contributed by atoms with van der Waals surface area (Å²) in [5.41, 5.74) is 0.986. The first-order valence-corrected chi connectivity index (χ1v) is 7.58. The first kappa shape index (κ1) is 13.6. The van der Waals surface area contributed by atoms with E-state index in [-0.39, 0.29) is 0 Å². The van der Waals surface area contributed by atoms with Crippen LogP contribution in [-0.4, -0.2) is 32.2 Å². The van der Waals surface area contributed by atoms with Crippen molar-refractivity contribution in [2.45, 2.75) is 46.1 Å². The fraction of sp³-hybridized carbons (Fsp3) is 0.643. The molecule has 0 saturated heterocycles. The lowest BCUT2D eigenvalue weighted by atomic mass is 10.1. The van der Waals surface area contributed by atoms with Crippen molar-refractivity contribution in [3.05, 3.63) is 17.0 Å². The van der Waals surface area contributed by atoms with Crippen LogP contribution in [-0.2, 0) is 0 Å². The minimum absolute atomic E-state index is 0.524. The van der Waals surface area contributed by atoms with Crippen LogP contribution in [0, 0.1) is 12.8 Å². The van der Waals surface area contributed by atoms with Gasteiger partial charge >= 0.3 is 0 Å². The van der Waals surface area contributed by atoms with Crippen LogP contribution in [0.5, 0.6) is 0 Å². The molecule has 3 rings (SSSR count). The molecule has 1 aliphatic rings. The maximum atomic E-state index is 6.26. The molecule has 1 saturated carbocycles. The average molecular weight is 294 g/mol. The van der Waals surface area contributed by atoms with Gasteiger partial charge in [-0.1, -0.05) is 25.4 Å². The minimum atomic E-state index is 0.524. The molecule has 108 valence electrons. The van der Waals surface area contributed by atoms with Gasteiger partial charge in [-0.15, -0.1) is 0 Å². The van der Waals surface area contributed by atoms with Crippen molar-refractivity contribution in [3.63, 3.8) is 0 Å². The summed E-state index contributed by atoms with van der Waals surface area (Å²) in [6.07, 6.45) is 5.18. The van der Waals surface area contributed by atoms with Gasteiger partial charge < -0.3 is 4.90 Å². The third-order valence-electron chi connectivity index (χ3n) is 3.78. The monoisotopic (exact) mass is 293 g/mol. The zero-order chi connectivity index (χ0) is 14.3. The van der Waals surface area contributed by atoms with E-state index in [2.05, 4.69) is 33.8 Å². The zero-order valence-electron chi connectivity index (χ0n) is 12.2. The maximum absolute atomic E-state index is 6.26. The standard InChI is InChI=1S/C14H20ClN5/c1-9(2)6-7-19(11-4-5-11)13-10(3)12(15)18-14-16-8-17-20(13)14/h8-9,11H,4-7H2,1-3H3. The Balaban J connectivity index is 2.05. The molecule has 0 bridgehead atoms. The van der Waals surface area contributed by atoms with Gasteiger partial charge in [-0.2, -0.15) is 19.6 Å². The predicted molar refractivity (Wildman–Crippen MR) is 80.4 cm³/mol. The number of fused-ring (bicyclic) bond motifs is 1. The number of anilines is 1. The Labute approximate surface area is 124 Å². The number of hydrogen-bond acceptors (Lipinski definition) is 4. The number of aromatic nitrogens is 4. The first-order chi connectivity index (χ1) is 9.58. The van der Waals surface area contributed by atoms with Crippen LogP contribution in [0.4, 0.5) is 5.82 Å². The fourth-order valence-corrected chi connectivity index (χ4v) is 2.63. The smallest absolute Gasteiger partial charge is 0.255 e. The quantitative estimate of drug-likeness (QED) is 0.795. The summed E-state index contributed by atoms with van der Waals surface area (Å²) in [6, 6.07) is 0.610. The lowest BCUT2D eigenvalue weighted by molar-refractivity contribution is 0.565. The van der Waals surface area contributed by atoms with Gasteiger partial charge in [0.25, 0.3) is 5.78 Å². The van der Waals surface area contributed by atoms with Gasteiger partial charge in [-0.3, -0.25) is 0 Å². The maximum Gasteiger partial charge on any atom is 0.255 e. The summed E-state index contributed by atoms with van der Waals surface area (Å²) in [5.74, 6) is 2.31. The summed E-state index contributed by atoms with van der Waals surface area (Å²) in [4.78, 5) is 10.9. The third kappa shape index (κ3) is 2.46. The van der Waals surface area contributed by atoms with E-state index < -0.39 is 0 Å². The predicted octanol–water partition coefficient (Wildman–Crippen LogP) is 3.10. The summed E-state index contributed by atoms with van der Waals surface area (Å²) >= 11 is 6.26. The van der Waals surface area contributed by atoms with Gasteiger partial charge in [-0.25, -0.2) is 0 Å². The van der Waals surface area contributed by atoms with E-state index in [1.807, 2.05) is 11.4 Å². The van der Waals surface area contributed by atoms with Crippen molar-refractivity contribution in [1.82, 2.24) is 19.6 Å². The Kier molecular flexibility index (Phi) is 3.54. The van der Waals surface area contributed by atoms with Crippen LogP contribution in [0.2, 0.25) is 5.15 Å². The minimum Gasteiger partial charge on any atom is -0.353 e. The van der Waals surface area contributed by atoms with Crippen molar-refractivity contribution >= 4 is 23.2 Å². The molecule has 20 heavy (non-hydrogen) atoms. The van der Waals surface area contributed by atoms with Crippen molar-refractivity contribution < 1.29 is 0 Å². The topological polar surface area (TPSA) is 46.3 Å². The molecule has 6 heteroatoms. The zero-order valence-corrected chi connectivity index (χ0v) is 12.9. The highest BCUT2D eigenvalue weighted by molar-refractivity contribution is 6.30. The van der Waals surface area contributed by atoms with E-state index in [1.54, 1.807) is 0 Å². The molecule has 0 aliphatic heterocycles. The second-order valence-corrected chi connectivity index (χ2v) is 6.29. The van der Waals surface area contributed by atoms with Crippen LogP contribution in [0.1, 0.15) is 38.7 Å². The van der Waals surface area contributed by atoms with Crippen LogP contribution >= 0.6 is 11.6 Å².